The van der Waals surface area contributed by atoms with Gasteiger partial charge in [-0.2, -0.15) is 0 Å². The molecule has 0 aromatic rings. The fourth-order valence-corrected chi connectivity index (χ4v) is 4.40. The van der Waals surface area contributed by atoms with E-state index < -0.39 is 0 Å². The molecule has 0 spiro atoms. The molecule has 2 fully saturated rings. The van der Waals surface area contributed by atoms with Crippen LogP contribution in [0.2, 0.25) is 0 Å². The summed E-state index contributed by atoms with van der Waals surface area (Å²) >= 11 is 3.78. The summed E-state index contributed by atoms with van der Waals surface area (Å²) in [6.45, 7) is 4.83. The number of methoxy groups -OCH3 is 1. The highest BCUT2D eigenvalue weighted by atomic mass is 79.9. The first-order valence-corrected chi connectivity index (χ1v) is 8.67. The first-order chi connectivity index (χ1) is 8.78. The van der Waals surface area contributed by atoms with Gasteiger partial charge in [0.15, 0.2) is 0 Å². The third-order valence-electron chi connectivity index (χ3n) is 4.87. The molecule has 0 bridgehead atoms. The number of alkyl halides is 1. The number of rotatable bonds is 5. The number of piperidine rings is 1. The highest BCUT2D eigenvalue weighted by Gasteiger charge is 2.33. The quantitative estimate of drug-likeness (QED) is 0.717. The fraction of sp³-hybridized carbons (Fsp3) is 1.00. The van der Waals surface area contributed by atoms with E-state index in [1.54, 1.807) is 0 Å². The monoisotopic (exact) mass is 317 g/mol. The van der Waals surface area contributed by atoms with Gasteiger partial charge in [0.1, 0.15) is 0 Å². The summed E-state index contributed by atoms with van der Waals surface area (Å²) in [5.41, 5.74) is 0.576. The Morgan fingerprint density at radius 1 is 1.17 bits per heavy atom. The normalized spacial score (nSPS) is 26.3. The number of hydrogen-bond acceptors (Lipinski definition) is 2. The van der Waals surface area contributed by atoms with E-state index in [-0.39, 0.29) is 0 Å². The van der Waals surface area contributed by atoms with E-state index in [4.69, 9.17) is 4.74 Å². The average Bonchev–Trinajstić information content (AvgIpc) is 2.42. The van der Waals surface area contributed by atoms with E-state index in [1.165, 1.54) is 69.9 Å². The van der Waals surface area contributed by atoms with Crippen LogP contribution in [0.4, 0.5) is 0 Å². The lowest BCUT2D eigenvalue weighted by molar-refractivity contribution is 0.0672. The Morgan fingerprint density at radius 3 is 2.39 bits per heavy atom. The van der Waals surface area contributed by atoms with Gasteiger partial charge in [-0.05, 0) is 50.1 Å². The van der Waals surface area contributed by atoms with Crippen molar-refractivity contribution in [2.24, 2.45) is 11.3 Å². The lowest BCUT2D eigenvalue weighted by Crippen LogP contribution is -2.44. The standard InChI is InChI=1S/C15H28BrNO/c1-18-11-14-5-9-17(10-6-14)13-15(12-16)7-3-2-4-8-15/h14H,2-13H2,1H3. The predicted molar refractivity (Wildman–Crippen MR) is 80.4 cm³/mol. The Hall–Kier alpha value is 0.400. The minimum absolute atomic E-state index is 0.576. The van der Waals surface area contributed by atoms with E-state index in [9.17, 15) is 0 Å². The largest absolute Gasteiger partial charge is 0.384 e. The van der Waals surface area contributed by atoms with Gasteiger partial charge in [0.25, 0.3) is 0 Å². The zero-order valence-electron chi connectivity index (χ0n) is 11.8. The molecule has 1 aliphatic carbocycles. The highest BCUT2D eigenvalue weighted by molar-refractivity contribution is 9.09. The Balaban J connectivity index is 1.79. The maximum Gasteiger partial charge on any atom is 0.0491 e. The third kappa shape index (κ3) is 3.94. The van der Waals surface area contributed by atoms with Crippen LogP contribution in [0.3, 0.4) is 0 Å². The molecule has 0 unspecified atom stereocenters. The van der Waals surface area contributed by atoms with Gasteiger partial charge in [-0.25, -0.2) is 0 Å². The molecule has 0 atom stereocenters. The van der Waals surface area contributed by atoms with Crippen LogP contribution in [0, 0.1) is 11.3 Å². The number of ether oxygens (including phenoxy) is 1. The summed E-state index contributed by atoms with van der Waals surface area (Å²) in [5.74, 6) is 0.803. The maximum atomic E-state index is 5.28. The van der Waals surface area contributed by atoms with Gasteiger partial charge in [-0.1, -0.05) is 35.2 Å². The summed E-state index contributed by atoms with van der Waals surface area (Å²) in [7, 11) is 1.83. The van der Waals surface area contributed by atoms with Crippen LogP contribution in [0.5, 0.6) is 0 Å². The van der Waals surface area contributed by atoms with Crippen LogP contribution < -0.4 is 0 Å². The Bertz CT molecular complexity index is 233. The van der Waals surface area contributed by atoms with Crippen molar-refractivity contribution in [3.63, 3.8) is 0 Å². The lowest BCUT2D eigenvalue weighted by atomic mass is 9.75. The van der Waals surface area contributed by atoms with E-state index in [0.29, 0.717) is 5.41 Å². The van der Waals surface area contributed by atoms with Gasteiger partial charge in [0.2, 0.25) is 0 Å². The first-order valence-electron chi connectivity index (χ1n) is 7.55. The summed E-state index contributed by atoms with van der Waals surface area (Å²) in [4.78, 5) is 2.71. The third-order valence-corrected chi connectivity index (χ3v) is 6.06. The van der Waals surface area contributed by atoms with Gasteiger partial charge in [0.05, 0.1) is 0 Å². The summed E-state index contributed by atoms with van der Waals surface area (Å²) < 4.78 is 5.28. The van der Waals surface area contributed by atoms with Crippen LogP contribution in [0.25, 0.3) is 0 Å². The molecule has 2 nitrogen and oxygen atoms in total. The molecule has 1 saturated carbocycles. The van der Waals surface area contributed by atoms with Gasteiger partial charge in [-0.3, -0.25) is 0 Å². The number of hydrogen-bond donors (Lipinski definition) is 0. The second-order valence-corrected chi connectivity index (χ2v) is 6.93. The molecular weight excluding hydrogens is 290 g/mol. The Morgan fingerprint density at radius 2 is 1.83 bits per heavy atom. The molecule has 1 aliphatic heterocycles. The molecule has 0 aromatic heterocycles. The SMILES string of the molecule is COCC1CCN(CC2(CBr)CCCCC2)CC1. The number of halogens is 1. The minimum atomic E-state index is 0.576. The average molecular weight is 318 g/mol. The molecule has 2 aliphatic rings. The molecule has 0 radical (unpaired) electrons. The Kier molecular flexibility index (Phi) is 5.96. The highest BCUT2D eigenvalue weighted by Crippen LogP contribution is 2.39. The summed E-state index contributed by atoms with van der Waals surface area (Å²) in [5, 5.41) is 1.19. The number of likely N-dealkylation sites (tertiary alicyclic amines) is 1. The fourth-order valence-electron chi connectivity index (χ4n) is 3.66. The summed E-state index contributed by atoms with van der Waals surface area (Å²) in [6.07, 6.45) is 9.83. The van der Waals surface area contributed by atoms with E-state index >= 15 is 0 Å². The van der Waals surface area contributed by atoms with Crippen molar-refractivity contribution in [3.05, 3.63) is 0 Å². The lowest BCUT2D eigenvalue weighted by Gasteiger charge is -2.42. The smallest absolute Gasteiger partial charge is 0.0491 e. The van der Waals surface area contributed by atoms with Crippen LogP contribution in [0.1, 0.15) is 44.9 Å². The van der Waals surface area contributed by atoms with Crippen LogP contribution >= 0.6 is 15.9 Å². The zero-order chi connectivity index (χ0) is 12.8. The summed E-state index contributed by atoms with van der Waals surface area (Å²) in [6, 6.07) is 0. The van der Waals surface area contributed by atoms with Gasteiger partial charge >= 0.3 is 0 Å². The molecule has 1 saturated heterocycles. The molecular formula is C15H28BrNO. The first kappa shape index (κ1) is 14.8. The zero-order valence-corrected chi connectivity index (χ0v) is 13.4. The molecule has 0 amide bonds. The predicted octanol–water partition coefficient (Wildman–Crippen LogP) is 3.69. The van der Waals surface area contributed by atoms with Crippen molar-refractivity contribution in [3.8, 4) is 0 Å². The molecule has 2 rings (SSSR count). The van der Waals surface area contributed by atoms with Crippen molar-refractivity contribution >= 4 is 15.9 Å². The van der Waals surface area contributed by atoms with Crippen LogP contribution in [-0.4, -0.2) is 43.6 Å². The van der Waals surface area contributed by atoms with E-state index in [1.807, 2.05) is 7.11 Å². The minimum Gasteiger partial charge on any atom is -0.384 e. The molecule has 1 heterocycles. The van der Waals surface area contributed by atoms with E-state index in [2.05, 4.69) is 20.8 Å². The van der Waals surface area contributed by atoms with Crippen molar-refractivity contribution in [2.75, 3.05) is 38.7 Å². The second kappa shape index (κ2) is 7.25. The van der Waals surface area contributed by atoms with Gasteiger partial charge in [-0.15, -0.1) is 0 Å². The van der Waals surface area contributed by atoms with Gasteiger partial charge < -0.3 is 9.64 Å². The molecule has 0 aromatic carbocycles. The van der Waals surface area contributed by atoms with Crippen LogP contribution in [0.15, 0.2) is 0 Å². The van der Waals surface area contributed by atoms with Crippen molar-refractivity contribution in [1.82, 2.24) is 4.90 Å². The second-order valence-electron chi connectivity index (χ2n) is 6.37. The molecule has 3 heteroatoms. The Labute approximate surface area is 121 Å². The van der Waals surface area contributed by atoms with E-state index in [0.717, 1.165) is 12.5 Å². The topological polar surface area (TPSA) is 12.5 Å². The number of nitrogens with zero attached hydrogens (tertiary/aromatic N) is 1. The molecule has 18 heavy (non-hydrogen) atoms. The maximum absolute atomic E-state index is 5.28. The van der Waals surface area contributed by atoms with Crippen molar-refractivity contribution in [2.45, 2.75) is 44.9 Å². The van der Waals surface area contributed by atoms with Gasteiger partial charge in [0, 0.05) is 25.6 Å². The molecule has 106 valence electrons. The molecule has 0 N–H and O–H groups in total. The van der Waals surface area contributed by atoms with Crippen molar-refractivity contribution < 1.29 is 4.74 Å². The van der Waals surface area contributed by atoms with Crippen LogP contribution in [-0.2, 0) is 4.74 Å². The van der Waals surface area contributed by atoms with Crippen molar-refractivity contribution in [1.29, 1.82) is 0 Å².